The summed E-state index contributed by atoms with van der Waals surface area (Å²) in [4.78, 5) is 37.2. The van der Waals surface area contributed by atoms with Crippen molar-refractivity contribution in [3.8, 4) is 11.3 Å². The molecule has 2 N–H and O–H groups in total. The number of carbonyl (C=O) groups excluding carboxylic acids is 3. The first-order chi connectivity index (χ1) is 17.7. The molecular weight excluding hydrogens is 517 g/mol. The molecule has 0 aliphatic rings. The summed E-state index contributed by atoms with van der Waals surface area (Å²) in [7, 11) is 0. The summed E-state index contributed by atoms with van der Waals surface area (Å²) < 4.78 is 10.9. The molecule has 2 aromatic carbocycles. The van der Waals surface area contributed by atoms with Gasteiger partial charge < -0.3 is 14.5 Å². The van der Waals surface area contributed by atoms with Crippen molar-refractivity contribution in [2.24, 2.45) is 11.0 Å². The monoisotopic (exact) mass is 543 g/mol. The number of nitrogens with zero attached hydrogens (tertiary/aromatic N) is 1. The van der Waals surface area contributed by atoms with Gasteiger partial charge in [-0.1, -0.05) is 56.1 Å². The highest BCUT2D eigenvalue weighted by atomic mass is 35.5. The molecule has 0 aliphatic carbocycles. The molecule has 3 rings (SSSR count). The minimum atomic E-state index is -0.839. The van der Waals surface area contributed by atoms with Gasteiger partial charge in [0.2, 0.25) is 0 Å². The first kappa shape index (κ1) is 28.0. The predicted molar refractivity (Wildman–Crippen MR) is 143 cm³/mol. The van der Waals surface area contributed by atoms with E-state index in [1.165, 1.54) is 24.4 Å². The number of rotatable bonds is 10. The van der Waals surface area contributed by atoms with Crippen LogP contribution in [0.25, 0.3) is 11.3 Å². The summed E-state index contributed by atoms with van der Waals surface area (Å²) in [5, 5.41) is 7.22. The molecule has 0 saturated carbocycles. The summed E-state index contributed by atoms with van der Waals surface area (Å²) in [5.41, 5.74) is 3.94. The van der Waals surface area contributed by atoms with Crippen LogP contribution in [-0.2, 0) is 9.53 Å². The van der Waals surface area contributed by atoms with Gasteiger partial charge in [0.15, 0.2) is 0 Å². The topological polar surface area (TPSA) is 110 Å². The smallest absolute Gasteiger partial charge is 0.338 e. The summed E-state index contributed by atoms with van der Waals surface area (Å²) in [6.07, 6.45) is 2.11. The van der Waals surface area contributed by atoms with E-state index in [0.29, 0.717) is 28.7 Å². The maximum atomic E-state index is 12.7. The van der Waals surface area contributed by atoms with E-state index in [9.17, 15) is 14.4 Å². The Morgan fingerprint density at radius 2 is 1.70 bits per heavy atom. The van der Waals surface area contributed by atoms with E-state index in [0.717, 1.165) is 12.0 Å². The van der Waals surface area contributed by atoms with Crippen molar-refractivity contribution in [3.63, 3.8) is 0 Å². The molecule has 2 amide bonds. The Bertz CT molecular complexity index is 1290. The zero-order valence-corrected chi connectivity index (χ0v) is 22.1. The molecule has 0 spiro atoms. The van der Waals surface area contributed by atoms with Gasteiger partial charge in [0, 0.05) is 11.1 Å². The molecule has 1 unspecified atom stereocenters. The number of amides is 2. The molecular formula is C27H27Cl2N3O5. The maximum absolute atomic E-state index is 12.7. The summed E-state index contributed by atoms with van der Waals surface area (Å²) in [6, 6.07) is 13.9. The highest BCUT2D eigenvalue weighted by Gasteiger charge is 2.24. The van der Waals surface area contributed by atoms with E-state index in [2.05, 4.69) is 15.8 Å². The number of furan rings is 1. The first-order valence-electron chi connectivity index (χ1n) is 11.7. The van der Waals surface area contributed by atoms with Crippen molar-refractivity contribution < 1.29 is 23.5 Å². The van der Waals surface area contributed by atoms with Crippen molar-refractivity contribution in [3.05, 3.63) is 81.5 Å². The molecule has 37 heavy (non-hydrogen) atoms. The SMILES string of the molecule is CCCOC(=O)c1ccc(-c2ccc(/C=N\NC(=O)C(NC(=O)c3ccc(Cl)c(Cl)c3)C(C)C)o2)cc1. The van der Waals surface area contributed by atoms with Gasteiger partial charge in [0.1, 0.15) is 17.6 Å². The predicted octanol–water partition coefficient (Wildman–Crippen LogP) is 5.72. The zero-order chi connectivity index (χ0) is 26.9. The molecule has 0 fully saturated rings. The molecule has 8 nitrogen and oxygen atoms in total. The second kappa shape index (κ2) is 13.1. The van der Waals surface area contributed by atoms with Gasteiger partial charge in [0.05, 0.1) is 28.4 Å². The largest absolute Gasteiger partial charge is 0.462 e. The molecule has 0 bridgehead atoms. The Balaban J connectivity index is 1.59. The maximum Gasteiger partial charge on any atom is 0.338 e. The zero-order valence-electron chi connectivity index (χ0n) is 20.6. The van der Waals surface area contributed by atoms with Crippen LogP contribution in [0, 0.1) is 5.92 Å². The molecule has 0 aliphatic heterocycles. The Hall–Kier alpha value is -3.62. The van der Waals surface area contributed by atoms with E-state index in [4.69, 9.17) is 32.4 Å². The van der Waals surface area contributed by atoms with Crippen molar-refractivity contribution >= 4 is 47.2 Å². The van der Waals surface area contributed by atoms with Crippen molar-refractivity contribution in [1.82, 2.24) is 10.7 Å². The third-order valence-electron chi connectivity index (χ3n) is 5.25. The fraction of sp³-hybridized carbons (Fsp3) is 0.259. The van der Waals surface area contributed by atoms with Crippen molar-refractivity contribution in [2.45, 2.75) is 33.2 Å². The summed E-state index contributed by atoms with van der Waals surface area (Å²) >= 11 is 11.9. The second-order valence-electron chi connectivity index (χ2n) is 8.47. The van der Waals surface area contributed by atoms with Crippen LogP contribution in [0.5, 0.6) is 0 Å². The molecule has 1 heterocycles. The van der Waals surface area contributed by atoms with Crippen LogP contribution >= 0.6 is 23.2 Å². The van der Waals surface area contributed by atoms with Gasteiger partial charge in [-0.2, -0.15) is 5.10 Å². The first-order valence-corrected chi connectivity index (χ1v) is 12.4. The number of carbonyl (C=O) groups is 3. The lowest BCUT2D eigenvalue weighted by atomic mass is 10.0. The number of hydrogen-bond donors (Lipinski definition) is 2. The standard InChI is InChI=1S/C27H27Cl2N3O5/c1-4-13-36-27(35)18-7-5-17(6-8-18)23-12-10-20(37-23)15-30-32-26(34)24(16(2)3)31-25(33)19-9-11-21(28)22(29)14-19/h5-12,14-16,24H,4,13H2,1-3H3,(H,31,33)(H,32,34)/b30-15-. The van der Waals surface area contributed by atoms with Gasteiger partial charge in [-0.3, -0.25) is 9.59 Å². The molecule has 3 aromatic rings. The van der Waals surface area contributed by atoms with E-state index < -0.39 is 17.9 Å². The molecule has 0 saturated heterocycles. The summed E-state index contributed by atoms with van der Waals surface area (Å²) in [5.74, 6) is -0.560. The fourth-order valence-electron chi connectivity index (χ4n) is 3.25. The number of ether oxygens (including phenoxy) is 1. The third kappa shape index (κ3) is 7.68. The Morgan fingerprint density at radius 3 is 2.35 bits per heavy atom. The van der Waals surface area contributed by atoms with Crippen molar-refractivity contribution in [1.29, 1.82) is 0 Å². The number of halogens is 2. The highest BCUT2D eigenvalue weighted by Crippen LogP contribution is 2.23. The van der Waals surface area contributed by atoms with Gasteiger partial charge in [-0.25, -0.2) is 10.2 Å². The quantitative estimate of drug-likeness (QED) is 0.193. The van der Waals surface area contributed by atoms with Crippen LogP contribution in [0.15, 0.2) is 64.1 Å². The van der Waals surface area contributed by atoms with Crippen LogP contribution in [-0.4, -0.2) is 36.6 Å². The van der Waals surface area contributed by atoms with Crippen LogP contribution in [0.3, 0.4) is 0 Å². The third-order valence-corrected chi connectivity index (χ3v) is 5.99. The Labute approximate surface area is 225 Å². The molecule has 0 radical (unpaired) electrons. The lowest BCUT2D eigenvalue weighted by Crippen LogP contribution is -2.48. The van der Waals surface area contributed by atoms with Gasteiger partial charge in [-0.15, -0.1) is 0 Å². The summed E-state index contributed by atoms with van der Waals surface area (Å²) in [6.45, 7) is 5.91. The highest BCUT2D eigenvalue weighted by molar-refractivity contribution is 6.42. The molecule has 10 heteroatoms. The lowest BCUT2D eigenvalue weighted by Gasteiger charge is -2.20. The Morgan fingerprint density at radius 1 is 1.00 bits per heavy atom. The number of nitrogens with one attached hydrogen (secondary N) is 2. The fourth-order valence-corrected chi connectivity index (χ4v) is 3.55. The van der Waals surface area contributed by atoms with Crippen molar-refractivity contribution in [2.75, 3.05) is 6.61 Å². The van der Waals surface area contributed by atoms with Crippen LogP contribution in [0.2, 0.25) is 10.0 Å². The lowest BCUT2D eigenvalue weighted by molar-refractivity contribution is -0.123. The van der Waals surface area contributed by atoms with Gasteiger partial charge in [-0.05, 0) is 54.8 Å². The molecule has 1 aromatic heterocycles. The van der Waals surface area contributed by atoms with E-state index >= 15 is 0 Å². The molecule has 1 atom stereocenters. The number of benzene rings is 2. The average Bonchev–Trinajstić information content (AvgIpc) is 3.36. The van der Waals surface area contributed by atoms with Crippen LogP contribution in [0.4, 0.5) is 0 Å². The number of hydrazone groups is 1. The minimum absolute atomic E-state index is 0.209. The molecule has 194 valence electrons. The number of hydrogen-bond acceptors (Lipinski definition) is 6. The minimum Gasteiger partial charge on any atom is -0.462 e. The van der Waals surface area contributed by atoms with E-state index in [1.54, 1.807) is 50.2 Å². The number of esters is 1. The normalized spacial score (nSPS) is 11.9. The average molecular weight is 544 g/mol. The van der Waals surface area contributed by atoms with E-state index in [1.807, 2.05) is 6.92 Å². The van der Waals surface area contributed by atoms with E-state index in [-0.39, 0.29) is 22.5 Å². The second-order valence-corrected chi connectivity index (χ2v) is 9.29. The van der Waals surface area contributed by atoms with Crippen LogP contribution in [0.1, 0.15) is 53.7 Å². The van der Waals surface area contributed by atoms with Crippen LogP contribution < -0.4 is 10.7 Å². The van der Waals surface area contributed by atoms with Gasteiger partial charge in [0.25, 0.3) is 11.8 Å². The van der Waals surface area contributed by atoms with Gasteiger partial charge >= 0.3 is 5.97 Å². The Kier molecular flexibility index (Phi) is 9.88.